The second kappa shape index (κ2) is 9.23. The van der Waals surface area contributed by atoms with Gasteiger partial charge in [-0.3, -0.25) is 5.41 Å². The number of unbranched alkanes of at least 4 members (excludes halogenated alkanes) is 1. The topological polar surface area (TPSA) is 178 Å². The second-order valence-corrected chi connectivity index (χ2v) is 7.49. The fraction of sp³-hybridized carbons (Fsp3) is 0.450. The van der Waals surface area contributed by atoms with Crippen molar-refractivity contribution < 1.29 is 33.7 Å². The van der Waals surface area contributed by atoms with Crippen molar-refractivity contribution in [2.45, 2.75) is 51.7 Å². The van der Waals surface area contributed by atoms with Gasteiger partial charge in [-0.25, -0.2) is 9.59 Å². The minimum atomic E-state index is -2.21. The van der Waals surface area contributed by atoms with Crippen LogP contribution in [0.1, 0.15) is 51.2 Å². The van der Waals surface area contributed by atoms with Gasteiger partial charge in [0.15, 0.2) is 0 Å². The number of nitrogens with one attached hydrogen (secondary N) is 1. The maximum atomic E-state index is 12.8. The van der Waals surface area contributed by atoms with Gasteiger partial charge < -0.3 is 20.4 Å². The molecule has 2 unspecified atom stereocenters. The van der Waals surface area contributed by atoms with E-state index in [1.807, 2.05) is 6.92 Å². The molecule has 1 aromatic carbocycles. The van der Waals surface area contributed by atoms with Crippen molar-refractivity contribution in [3.63, 3.8) is 0 Å². The van der Waals surface area contributed by atoms with E-state index in [0.29, 0.717) is 23.3 Å². The molecular formula is C20H28N5O6+. The van der Waals surface area contributed by atoms with Crippen LogP contribution in [0.3, 0.4) is 0 Å². The van der Waals surface area contributed by atoms with Crippen LogP contribution < -0.4 is 11.6 Å². The molecule has 1 heterocycles. The van der Waals surface area contributed by atoms with Gasteiger partial charge in [-0.05, 0) is 12.0 Å². The molecule has 2 amide bonds. The van der Waals surface area contributed by atoms with Crippen molar-refractivity contribution >= 4 is 29.5 Å². The van der Waals surface area contributed by atoms with Crippen molar-refractivity contribution in [3.05, 3.63) is 35.4 Å². The van der Waals surface area contributed by atoms with Crippen LogP contribution in [0, 0.1) is 5.41 Å². The van der Waals surface area contributed by atoms with E-state index in [-0.39, 0.29) is 18.9 Å². The number of oxime groups is 1. The molecule has 1 aliphatic heterocycles. The fourth-order valence-electron chi connectivity index (χ4n) is 3.26. The first-order valence-corrected chi connectivity index (χ1v) is 9.77. The highest BCUT2D eigenvalue weighted by Crippen LogP contribution is 2.35. The van der Waals surface area contributed by atoms with Gasteiger partial charge in [0.2, 0.25) is 6.10 Å². The third-order valence-electron chi connectivity index (χ3n) is 5.50. The Morgan fingerprint density at radius 1 is 1.35 bits per heavy atom. The van der Waals surface area contributed by atoms with Gasteiger partial charge in [-0.15, -0.1) is 0 Å². The number of ether oxygens (including phenoxy) is 1. The predicted molar refractivity (Wildman–Crippen MR) is 111 cm³/mol. The average Bonchev–Trinajstić information content (AvgIpc) is 3.22. The van der Waals surface area contributed by atoms with E-state index in [1.54, 1.807) is 24.3 Å². The standard InChI is InChI=1S/C20H27N5O6/c1-4-5-10-30-19(29)25(23,12(2)26)20(3,18(27)28)16-11-15(24-31-16)13-6-8-14(9-7-13)17(21)22/h6-9,16H,4-5,10-11,23H2,1-3H3,(H3-,21,22,27,28)/p+1/t16?,20-,25?/m1/s1. The van der Waals surface area contributed by atoms with Gasteiger partial charge in [0, 0.05) is 18.9 Å². The monoisotopic (exact) mass is 434 g/mol. The van der Waals surface area contributed by atoms with Crippen LogP contribution in [0.15, 0.2) is 29.4 Å². The van der Waals surface area contributed by atoms with E-state index in [4.69, 9.17) is 26.6 Å². The summed E-state index contributed by atoms with van der Waals surface area (Å²) < 4.78 is 3.49. The van der Waals surface area contributed by atoms with E-state index in [2.05, 4.69) is 5.16 Å². The molecule has 0 aromatic heterocycles. The normalized spacial score (nSPS) is 19.4. The molecule has 168 valence electrons. The zero-order valence-corrected chi connectivity index (χ0v) is 17.8. The first-order valence-electron chi connectivity index (χ1n) is 9.77. The Hall–Kier alpha value is -3.31. The number of nitrogens with two attached hydrogens (primary N) is 2. The SMILES string of the molecule is CCCCOC(=O)[N+](N)(C(C)=O)[C@@](C)(C(=O)O)C1CC(c2ccc(C(=N)N)cc2)=NO1. The number of benzene rings is 1. The van der Waals surface area contributed by atoms with Gasteiger partial charge in [-0.1, -0.05) is 47.4 Å². The summed E-state index contributed by atoms with van der Waals surface area (Å²) >= 11 is 0. The summed E-state index contributed by atoms with van der Waals surface area (Å²) in [5.41, 5.74) is 4.77. The number of hydrogen-bond acceptors (Lipinski definition) is 8. The molecule has 6 N–H and O–H groups in total. The van der Waals surface area contributed by atoms with Gasteiger partial charge in [0.25, 0.3) is 5.54 Å². The van der Waals surface area contributed by atoms with Gasteiger partial charge >= 0.3 is 18.0 Å². The number of rotatable bonds is 8. The van der Waals surface area contributed by atoms with E-state index < -0.39 is 34.2 Å². The first-order chi connectivity index (χ1) is 14.5. The number of carboxylic acid groups (broad SMARTS) is 1. The highest BCUT2D eigenvalue weighted by atomic mass is 16.6. The molecule has 2 rings (SSSR count). The van der Waals surface area contributed by atoms with Crippen molar-refractivity contribution in [3.8, 4) is 0 Å². The molecule has 3 atom stereocenters. The van der Waals surface area contributed by atoms with Crippen LogP contribution in [0.5, 0.6) is 0 Å². The van der Waals surface area contributed by atoms with Crippen LogP contribution in [-0.2, 0) is 19.2 Å². The Morgan fingerprint density at radius 3 is 2.45 bits per heavy atom. The van der Waals surface area contributed by atoms with Crippen molar-refractivity contribution in [1.29, 1.82) is 5.41 Å². The number of carbonyl (C=O) groups is 3. The van der Waals surface area contributed by atoms with Gasteiger partial charge in [0.05, 0.1) is 19.2 Å². The van der Waals surface area contributed by atoms with Crippen LogP contribution in [0.2, 0.25) is 0 Å². The van der Waals surface area contributed by atoms with E-state index in [1.165, 1.54) is 6.92 Å². The summed E-state index contributed by atoms with van der Waals surface area (Å²) in [5, 5.41) is 21.4. The molecule has 1 aliphatic rings. The lowest BCUT2D eigenvalue weighted by molar-refractivity contribution is -0.842. The third-order valence-corrected chi connectivity index (χ3v) is 5.50. The van der Waals surface area contributed by atoms with Crippen LogP contribution in [-0.4, -0.2) is 57.5 Å². The smallest absolute Gasteiger partial charge is 0.476 e. The Bertz CT molecular complexity index is 915. The summed E-state index contributed by atoms with van der Waals surface area (Å²) in [6.07, 6.45) is -1.14. The van der Waals surface area contributed by atoms with Crippen molar-refractivity contribution in [2.75, 3.05) is 6.61 Å². The van der Waals surface area contributed by atoms with Crippen LogP contribution in [0.25, 0.3) is 0 Å². The number of amides is 2. The zero-order chi connectivity index (χ0) is 23.4. The number of aliphatic carboxylic acids is 1. The maximum Gasteiger partial charge on any atom is 0.544 e. The van der Waals surface area contributed by atoms with Crippen LogP contribution >= 0.6 is 0 Å². The lowest BCUT2D eigenvalue weighted by Gasteiger charge is -2.40. The molecule has 0 bridgehead atoms. The highest BCUT2D eigenvalue weighted by molar-refractivity contribution is 6.03. The lowest BCUT2D eigenvalue weighted by atomic mass is 9.87. The molecule has 0 fully saturated rings. The summed E-state index contributed by atoms with van der Waals surface area (Å²) in [5.74, 6) is 3.61. The molecule has 0 radical (unpaired) electrons. The Kier molecular flexibility index (Phi) is 7.13. The molecular weight excluding hydrogens is 406 g/mol. The highest BCUT2D eigenvalue weighted by Gasteiger charge is 2.68. The second-order valence-electron chi connectivity index (χ2n) is 7.49. The number of hydrogen-bond donors (Lipinski definition) is 4. The molecule has 11 nitrogen and oxygen atoms in total. The number of imide groups is 1. The number of carboxylic acids is 1. The first kappa shape index (κ1) is 24.0. The third kappa shape index (κ3) is 4.28. The van der Waals surface area contributed by atoms with E-state index >= 15 is 0 Å². The minimum absolute atomic E-state index is 0.00524. The Balaban J connectivity index is 2.35. The number of nitrogen functional groups attached to an aromatic ring is 1. The van der Waals surface area contributed by atoms with Gasteiger partial charge in [-0.2, -0.15) is 10.6 Å². The molecule has 1 aromatic rings. The summed E-state index contributed by atoms with van der Waals surface area (Å²) in [6.45, 7) is 4.09. The van der Waals surface area contributed by atoms with E-state index in [0.717, 1.165) is 13.3 Å². The molecule has 0 saturated heterocycles. The average molecular weight is 434 g/mol. The fourth-order valence-corrected chi connectivity index (χ4v) is 3.26. The number of amidine groups is 1. The number of quaternary nitrogens is 1. The molecule has 0 aliphatic carbocycles. The summed E-state index contributed by atoms with van der Waals surface area (Å²) in [6, 6.07) is 6.56. The zero-order valence-electron chi connectivity index (χ0n) is 17.8. The maximum absolute atomic E-state index is 12.8. The molecule has 11 heteroatoms. The summed E-state index contributed by atoms with van der Waals surface area (Å²) in [4.78, 5) is 42.9. The summed E-state index contributed by atoms with van der Waals surface area (Å²) in [7, 11) is 0. The Morgan fingerprint density at radius 2 is 1.97 bits per heavy atom. The molecule has 0 saturated carbocycles. The number of nitrogens with zero attached hydrogens (tertiary/aromatic N) is 2. The minimum Gasteiger partial charge on any atom is -0.476 e. The van der Waals surface area contributed by atoms with Crippen molar-refractivity contribution in [1.82, 2.24) is 0 Å². The van der Waals surface area contributed by atoms with Gasteiger partial charge in [0.1, 0.15) is 5.84 Å². The lowest BCUT2D eigenvalue weighted by Crippen LogP contribution is -2.79. The number of carbonyl (C=O) groups excluding carboxylic acids is 2. The Labute approximate surface area is 179 Å². The molecule has 31 heavy (non-hydrogen) atoms. The van der Waals surface area contributed by atoms with E-state index in [9.17, 15) is 19.5 Å². The van der Waals surface area contributed by atoms with Crippen molar-refractivity contribution in [2.24, 2.45) is 16.7 Å². The molecule has 0 spiro atoms. The predicted octanol–water partition coefficient (Wildman–Crippen LogP) is 1.48. The largest absolute Gasteiger partial charge is 0.544 e. The van der Waals surface area contributed by atoms with Crippen LogP contribution in [0.4, 0.5) is 4.79 Å². The quantitative estimate of drug-likeness (QED) is 0.0903.